The fourth-order valence-electron chi connectivity index (χ4n) is 0.611. The number of hydrazine groups is 1. The lowest BCUT2D eigenvalue weighted by atomic mass is 10.6. The molecule has 0 atom stereocenters. The van der Waals surface area contributed by atoms with Crippen LogP contribution in [0.15, 0.2) is 12.4 Å². The van der Waals surface area contributed by atoms with Gasteiger partial charge in [-0.2, -0.15) is 5.10 Å². The van der Waals surface area contributed by atoms with E-state index in [-0.39, 0.29) is 0 Å². The molecule has 50 valence electrons. The molecule has 3 N–H and O–H groups in total. The fraction of sp³-hybridized carbons (Fsp3) is 0.400. The van der Waals surface area contributed by atoms with Crippen molar-refractivity contribution in [3.05, 3.63) is 12.4 Å². The van der Waals surface area contributed by atoms with Gasteiger partial charge in [0.1, 0.15) is 0 Å². The molecule has 1 rings (SSSR count). The molecule has 0 radical (unpaired) electrons. The molecule has 0 amide bonds. The van der Waals surface area contributed by atoms with Crippen molar-refractivity contribution in [2.75, 3.05) is 5.43 Å². The molecule has 0 saturated carbocycles. The van der Waals surface area contributed by atoms with Gasteiger partial charge in [-0.3, -0.25) is 10.5 Å². The van der Waals surface area contributed by atoms with Gasteiger partial charge >= 0.3 is 0 Å². The summed E-state index contributed by atoms with van der Waals surface area (Å²) >= 11 is 0. The zero-order valence-corrected chi connectivity index (χ0v) is 5.33. The molecule has 0 aliphatic rings. The zero-order valence-electron chi connectivity index (χ0n) is 5.33. The molecular weight excluding hydrogens is 116 g/mol. The highest BCUT2D eigenvalue weighted by atomic mass is 15.3. The fourth-order valence-corrected chi connectivity index (χ4v) is 0.611. The number of nitrogens with zero attached hydrogens (tertiary/aromatic N) is 2. The van der Waals surface area contributed by atoms with Crippen LogP contribution >= 0.6 is 0 Å². The molecule has 0 fully saturated rings. The standard InChI is InChI=1S/C5H10N4/c1-2-9-4-5(8-6)3-7-9/h3-4,8H,2,6H2,1H3. The number of nitrogens with two attached hydrogens (primary N) is 1. The van der Waals surface area contributed by atoms with Crippen LogP contribution in [0.1, 0.15) is 6.92 Å². The Balaban J connectivity index is 2.74. The van der Waals surface area contributed by atoms with E-state index in [1.165, 1.54) is 0 Å². The van der Waals surface area contributed by atoms with Crippen LogP contribution in [0.4, 0.5) is 5.69 Å². The van der Waals surface area contributed by atoms with Crippen molar-refractivity contribution in [2.45, 2.75) is 13.5 Å². The monoisotopic (exact) mass is 126 g/mol. The van der Waals surface area contributed by atoms with Gasteiger partial charge in [0.05, 0.1) is 11.9 Å². The van der Waals surface area contributed by atoms with E-state index >= 15 is 0 Å². The number of rotatable bonds is 2. The smallest absolute Gasteiger partial charge is 0.0868 e. The molecule has 4 heteroatoms. The first-order valence-corrected chi connectivity index (χ1v) is 2.86. The SMILES string of the molecule is CCn1cc(NN)cn1. The molecule has 9 heavy (non-hydrogen) atoms. The number of anilines is 1. The first-order chi connectivity index (χ1) is 4.36. The summed E-state index contributed by atoms with van der Waals surface area (Å²) in [5.74, 6) is 5.11. The summed E-state index contributed by atoms with van der Waals surface area (Å²) in [4.78, 5) is 0. The number of nitrogen functional groups attached to an aromatic ring is 1. The van der Waals surface area contributed by atoms with E-state index in [9.17, 15) is 0 Å². The average Bonchev–Trinajstić information content (AvgIpc) is 2.34. The Morgan fingerprint density at radius 1 is 1.89 bits per heavy atom. The number of hydrogen-bond acceptors (Lipinski definition) is 3. The van der Waals surface area contributed by atoms with Crippen molar-refractivity contribution in [3.63, 3.8) is 0 Å². The van der Waals surface area contributed by atoms with Gasteiger partial charge in [0.15, 0.2) is 0 Å². The molecule has 0 unspecified atom stereocenters. The first kappa shape index (κ1) is 6.10. The quantitative estimate of drug-likeness (QED) is 0.439. The first-order valence-electron chi connectivity index (χ1n) is 2.86. The maximum atomic E-state index is 5.11. The van der Waals surface area contributed by atoms with Gasteiger partial charge in [-0.1, -0.05) is 0 Å². The molecule has 0 saturated heterocycles. The molecule has 4 nitrogen and oxygen atoms in total. The van der Waals surface area contributed by atoms with Gasteiger partial charge in [-0.05, 0) is 6.92 Å². The lowest BCUT2D eigenvalue weighted by molar-refractivity contribution is 0.660. The minimum atomic E-state index is 0.844. The molecule has 0 aromatic carbocycles. The third-order valence-corrected chi connectivity index (χ3v) is 1.12. The van der Waals surface area contributed by atoms with E-state index in [0.717, 1.165) is 12.2 Å². The van der Waals surface area contributed by atoms with E-state index in [0.29, 0.717) is 0 Å². The minimum Gasteiger partial charge on any atom is -0.321 e. The second-order valence-electron chi connectivity index (χ2n) is 1.73. The number of aromatic nitrogens is 2. The van der Waals surface area contributed by atoms with Gasteiger partial charge < -0.3 is 5.43 Å². The van der Waals surface area contributed by atoms with Crippen LogP contribution in [0, 0.1) is 0 Å². The summed E-state index contributed by atoms with van der Waals surface area (Å²) in [6, 6.07) is 0. The Kier molecular flexibility index (Phi) is 1.69. The zero-order chi connectivity index (χ0) is 6.69. The Hall–Kier alpha value is -1.03. The highest BCUT2D eigenvalue weighted by Gasteiger charge is 1.90. The molecule has 0 spiro atoms. The summed E-state index contributed by atoms with van der Waals surface area (Å²) in [7, 11) is 0. The van der Waals surface area contributed by atoms with E-state index < -0.39 is 0 Å². The molecule has 0 bridgehead atoms. The predicted molar refractivity (Wildman–Crippen MR) is 35.7 cm³/mol. The largest absolute Gasteiger partial charge is 0.321 e. The van der Waals surface area contributed by atoms with Crippen molar-refractivity contribution in [2.24, 2.45) is 5.84 Å². The van der Waals surface area contributed by atoms with Crippen LogP contribution < -0.4 is 11.3 Å². The maximum absolute atomic E-state index is 5.11. The van der Waals surface area contributed by atoms with Gasteiger partial charge in [0, 0.05) is 12.7 Å². The Morgan fingerprint density at radius 2 is 2.67 bits per heavy atom. The summed E-state index contributed by atoms with van der Waals surface area (Å²) < 4.78 is 1.80. The summed E-state index contributed by atoms with van der Waals surface area (Å²) in [6.07, 6.45) is 3.53. The van der Waals surface area contributed by atoms with Gasteiger partial charge in [0.2, 0.25) is 0 Å². The highest BCUT2D eigenvalue weighted by Crippen LogP contribution is 2.00. The lowest BCUT2D eigenvalue weighted by Gasteiger charge is -1.90. The van der Waals surface area contributed by atoms with Crippen molar-refractivity contribution < 1.29 is 0 Å². The molecular formula is C5H10N4. The second kappa shape index (κ2) is 2.50. The lowest BCUT2D eigenvalue weighted by Crippen LogP contribution is -2.05. The van der Waals surface area contributed by atoms with Crippen LogP contribution in [-0.2, 0) is 6.54 Å². The van der Waals surface area contributed by atoms with E-state index in [1.807, 2.05) is 13.1 Å². The normalized spacial score (nSPS) is 9.56. The third kappa shape index (κ3) is 1.20. The van der Waals surface area contributed by atoms with E-state index in [4.69, 9.17) is 5.84 Å². The van der Waals surface area contributed by atoms with Crippen molar-refractivity contribution >= 4 is 5.69 Å². The second-order valence-corrected chi connectivity index (χ2v) is 1.73. The molecule has 1 heterocycles. The number of hydrogen-bond donors (Lipinski definition) is 2. The minimum absolute atomic E-state index is 0.844. The molecule has 0 aliphatic carbocycles. The number of nitrogens with one attached hydrogen (secondary N) is 1. The molecule has 1 aromatic heterocycles. The Labute approximate surface area is 53.6 Å². The maximum Gasteiger partial charge on any atom is 0.0868 e. The van der Waals surface area contributed by atoms with Crippen LogP contribution in [-0.4, -0.2) is 9.78 Å². The summed E-state index contributed by atoms with van der Waals surface area (Å²) in [5.41, 5.74) is 3.34. The van der Waals surface area contributed by atoms with Crippen LogP contribution in [0.25, 0.3) is 0 Å². The van der Waals surface area contributed by atoms with Crippen LogP contribution in [0.3, 0.4) is 0 Å². The van der Waals surface area contributed by atoms with Crippen LogP contribution in [0.2, 0.25) is 0 Å². The Morgan fingerprint density at radius 3 is 3.00 bits per heavy atom. The summed E-state index contributed by atoms with van der Waals surface area (Å²) in [6.45, 7) is 2.90. The topological polar surface area (TPSA) is 55.9 Å². The molecule has 0 aliphatic heterocycles. The van der Waals surface area contributed by atoms with Crippen molar-refractivity contribution in [3.8, 4) is 0 Å². The average molecular weight is 126 g/mol. The van der Waals surface area contributed by atoms with Crippen molar-refractivity contribution in [1.82, 2.24) is 9.78 Å². The predicted octanol–water partition coefficient (Wildman–Crippen LogP) is 0.189. The van der Waals surface area contributed by atoms with Gasteiger partial charge in [-0.15, -0.1) is 0 Å². The highest BCUT2D eigenvalue weighted by molar-refractivity contribution is 5.35. The van der Waals surface area contributed by atoms with Gasteiger partial charge in [0.25, 0.3) is 0 Å². The van der Waals surface area contributed by atoms with Crippen molar-refractivity contribution in [1.29, 1.82) is 0 Å². The van der Waals surface area contributed by atoms with Gasteiger partial charge in [-0.25, -0.2) is 0 Å². The summed E-state index contributed by atoms with van der Waals surface area (Å²) in [5, 5.41) is 3.98. The molecule has 1 aromatic rings. The Bertz CT molecular complexity index is 162. The number of aryl methyl sites for hydroxylation is 1. The third-order valence-electron chi connectivity index (χ3n) is 1.12. The van der Waals surface area contributed by atoms with E-state index in [2.05, 4.69) is 10.5 Å². The van der Waals surface area contributed by atoms with Crippen LogP contribution in [0.5, 0.6) is 0 Å². The van der Waals surface area contributed by atoms with E-state index in [1.54, 1.807) is 10.9 Å².